The van der Waals surface area contributed by atoms with Crippen LogP contribution in [-0.2, 0) is 9.53 Å². The van der Waals surface area contributed by atoms with Crippen LogP contribution in [0.2, 0.25) is 0 Å². The summed E-state index contributed by atoms with van der Waals surface area (Å²) in [4.78, 5) is 11.7. The SMILES string of the molecule is O=C(Nc1ccccc1F)C1CNCCO1. The van der Waals surface area contributed by atoms with Crippen molar-refractivity contribution in [1.29, 1.82) is 0 Å². The van der Waals surface area contributed by atoms with E-state index in [-0.39, 0.29) is 11.6 Å². The van der Waals surface area contributed by atoms with Gasteiger partial charge in [-0.1, -0.05) is 12.1 Å². The van der Waals surface area contributed by atoms with E-state index < -0.39 is 11.9 Å². The lowest BCUT2D eigenvalue weighted by Crippen LogP contribution is -2.45. The minimum atomic E-state index is -0.548. The van der Waals surface area contributed by atoms with Gasteiger partial charge in [-0.05, 0) is 12.1 Å². The molecule has 1 heterocycles. The van der Waals surface area contributed by atoms with Gasteiger partial charge in [-0.25, -0.2) is 4.39 Å². The number of rotatable bonds is 2. The Bertz CT molecular complexity index is 378. The molecule has 1 fully saturated rings. The molecule has 1 aromatic rings. The first-order valence-electron chi connectivity index (χ1n) is 5.15. The van der Waals surface area contributed by atoms with Gasteiger partial charge in [-0.2, -0.15) is 0 Å². The van der Waals surface area contributed by atoms with Crippen molar-refractivity contribution in [2.45, 2.75) is 6.10 Å². The van der Waals surface area contributed by atoms with Crippen LogP contribution in [0.5, 0.6) is 0 Å². The van der Waals surface area contributed by atoms with E-state index in [0.717, 1.165) is 6.54 Å². The van der Waals surface area contributed by atoms with Gasteiger partial charge in [-0.15, -0.1) is 0 Å². The molecule has 2 N–H and O–H groups in total. The van der Waals surface area contributed by atoms with Gasteiger partial charge >= 0.3 is 0 Å². The average Bonchev–Trinajstić information content (AvgIpc) is 2.33. The number of carbonyl (C=O) groups excluding carboxylic acids is 1. The van der Waals surface area contributed by atoms with Crippen LogP contribution < -0.4 is 10.6 Å². The van der Waals surface area contributed by atoms with Gasteiger partial charge in [-0.3, -0.25) is 4.79 Å². The lowest BCUT2D eigenvalue weighted by Gasteiger charge is -2.22. The number of carbonyl (C=O) groups is 1. The van der Waals surface area contributed by atoms with Crippen LogP contribution in [0.25, 0.3) is 0 Å². The van der Waals surface area contributed by atoms with Crippen molar-refractivity contribution in [2.24, 2.45) is 0 Å². The standard InChI is InChI=1S/C11H13FN2O2/c12-8-3-1-2-4-9(8)14-11(15)10-7-13-5-6-16-10/h1-4,10,13H,5-7H2,(H,14,15). The maximum absolute atomic E-state index is 13.2. The zero-order valence-electron chi connectivity index (χ0n) is 8.70. The third-order valence-corrected chi connectivity index (χ3v) is 2.35. The van der Waals surface area contributed by atoms with Gasteiger partial charge in [0.25, 0.3) is 5.91 Å². The van der Waals surface area contributed by atoms with Crippen LogP contribution >= 0.6 is 0 Å². The topological polar surface area (TPSA) is 50.4 Å². The third-order valence-electron chi connectivity index (χ3n) is 2.35. The molecule has 0 spiro atoms. The molecule has 1 atom stereocenters. The normalized spacial score (nSPS) is 20.4. The van der Waals surface area contributed by atoms with Crippen LogP contribution in [0.4, 0.5) is 10.1 Å². The fourth-order valence-corrected chi connectivity index (χ4v) is 1.51. The molecule has 4 nitrogen and oxygen atoms in total. The first-order valence-corrected chi connectivity index (χ1v) is 5.15. The van der Waals surface area contributed by atoms with E-state index in [2.05, 4.69) is 10.6 Å². The Morgan fingerprint density at radius 2 is 2.31 bits per heavy atom. The Hall–Kier alpha value is -1.46. The van der Waals surface area contributed by atoms with Crippen LogP contribution in [0.1, 0.15) is 0 Å². The zero-order chi connectivity index (χ0) is 11.4. The van der Waals surface area contributed by atoms with Gasteiger partial charge in [0.15, 0.2) is 0 Å². The van der Waals surface area contributed by atoms with Crippen molar-refractivity contribution >= 4 is 11.6 Å². The number of ether oxygens (including phenoxy) is 1. The van der Waals surface area contributed by atoms with Gasteiger partial charge in [0.1, 0.15) is 11.9 Å². The largest absolute Gasteiger partial charge is 0.366 e. The maximum atomic E-state index is 13.2. The molecule has 1 unspecified atom stereocenters. The molecule has 1 aromatic carbocycles. The minimum Gasteiger partial charge on any atom is -0.366 e. The summed E-state index contributed by atoms with van der Waals surface area (Å²) in [6, 6.07) is 6.06. The highest BCUT2D eigenvalue weighted by molar-refractivity contribution is 5.94. The summed E-state index contributed by atoms with van der Waals surface area (Å²) in [5.41, 5.74) is 0.182. The number of amides is 1. The second-order valence-electron chi connectivity index (χ2n) is 3.53. The maximum Gasteiger partial charge on any atom is 0.254 e. The molecule has 16 heavy (non-hydrogen) atoms. The van der Waals surface area contributed by atoms with Gasteiger partial charge < -0.3 is 15.4 Å². The Morgan fingerprint density at radius 3 is 3.00 bits per heavy atom. The highest BCUT2D eigenvalue weighted by Crippen LogP contribution is 2.13. The number of para-hydroxylation sites is 1. The predicted octanol–water partition coefficient (Wildman–Crippen LogP) is 0.753. The molecule has 0 aliphatic carbocycles. The Morgan fingerprint density at radius 1 is 1.50 bits per heavy atom. The number of hydrogen-bond donors (Lipinski definition) is 2. The number of hydrogen-bond acceptors (Lipinski definition) is 3. The van der Waals surface area contributed by atoms with E-state index in [4.69, 9.17) is 4.74 Å². The third kappa shape index (κ3) is 2.56. The molecule has 1 aliphatic rings. The van der Waals surface area contributed by atoms with Crippen LogP contribution in [0, 0.1) is 5.82 Å². The lowest BCUT2D eigenvalue weighted by molar-refractivity contribution is -0.128. The van der Waals surface area contributed by atoms with Crippen molar-refractivity contribution < 1.29 is 13.9 Å². The van der Waals surface area contributed by atoms with E-state index in [1.807, 2.05) is 0 Å². The Labute approximate surface area is 92.8 Å². The van der Waals surface area contributed by atoms with Gasteiger partial charge in [0.05, 0.1) is 12.3 Å². The summed E-state index contributed by atoms with van der Waals surface area (Å²) in [5.74, 6) is -0.767. The molecule has 0 aromatic heterocycles. The molecule has 86 valence electrons. The van der Waals surface area contributed by atoms with Crippen molar-refractivity contribution in [3.63, 3.8) is 0 Å². The summed E-state index contributed by atoms with van der Waals surface area (Å²) in [6.45, 7) is 1.69. The van der Waals surface area contributed by atoms with Crippen molar-refractivity contribution in [3.8, 4) is 0 Å². The second kappa shape index (κ2) is 5.05. The van der Waals surface area contributed by atoms with E-state index >= 15 is 0 Å². The van der Waals surface area contributed by atoms with E-state index in [0.29, 0.717) is 13.2 Å². The molecule has 1 amide bonds. The molecular formula is C11H13FN2O2. The fourth-order valence-electron chi connectivity index (χ4n) is 1.51. The molecule has 0 bridgehead atoms. The first kappa shape index (κ1) is 11.0. The van der Waals surface area contributed by atoms with E-state index in [1.54, 1.807) is 12.1 Å². The number of nitrogens with one attached hydrogen (secondary N) is 2. The smallest absolute Gasteiger partial charge is 0.254 e. The average molecular weight is 224 g/mol. The molecular weight excluding hydrogens is 211 g/mol. The summed E-state index contributed by atoms with van der Waals surface area (Å²) < 4.78 is 18.5. The molecule has 0 radical (unpaired) electrons. The molecule has 0 saturated carbocycles. The summed E-state index contributed by atoms with van der Waals surface area (Å²) in [5, 5.41) is 5.54. The first-order chi connectivity index (χ1) is 7.77. The predicted molar refractivity (Wildman–Crippen MR) is 57.6 cm³/mol. The second-order valence-corrected chi connectivity index (χ2v) is 3.53. The Balaban J connectivity index is 1.99. The van der Waals surface area contributed by atoms with Gasteiger partial charge in [0.2, 0.25) is 0 Å². The van der Waals surface area contributed by atoms with Crippen molar-refractivity contribution in [3.05, 3.63) is 30.1 Å². The quantitative estimate of drug-likeness (QED) is 0.779. The minimum absolute atomic E-state index is 0.182. The van der Waals surface area contributed by atoms with Crippen molar-refractivity contribution in [2.75, 3.05) is 25.0 Å². The summed E-state index contributed by atoms with van der Waals surface area (Å²) in [6.07, 6.45) is -0.548. The molecule has 2 rings (SSSR count). The number of benzene rings is 1. The van der Waals surface area contributed by atoms with Crippen LogP contribution in [-0.4, -0.2) is 31.7 Å². The molecule has 5 heteroatoms. The molecule has 1 saturated heterocycles. The van der Waals surface area contributed by atoms with Crippen LogP contribution in [0.15, 0.2) is 24.3 Å². The Kier molecular flexibility index (Phi) is 3.48. The number of anilines is 1. The van der Waals surface area contributed by atoms with E-state index in [9.17, 15) is 9.18 Å². The van der Waals surface area contributed by atoms with Crippen LogP contribution in [0.3, 0.4) is 0 Å². The van der Waals surface area contributed by atoms with E-state index in [1.165, 1.54) is 12.1 Å². The lowest BCUT2D eigenvalue weighted by atomic mass is 10.2. The monoisotopic (exact) mass is 224 g/mol. The van der Waals surface area contributed by atoms with Gasteiger partial charge in [0, 0.05) is 13.1 Å². The molecule has 1 aliphatic heterocycles. The van der Waals surface area contributed by atoms with Crippen molar-refractivity contribution in [1.82, 2.24) is 5.32 Å². The summed E-state index contributed by atoms with van der Waals surface area (Å²) in [7, 11) is 0. The highest BCUT2D eigenvalue weighted by atomic mass is 19.1. The number of halogens is 1. The fraction of sp³-hybridized carbons (Fsp3) is 0.364. The zero-order valence-corrected chi connectivity index (χ0v) is 8.70. The summed E-state index contributed by atoms with van der Waals surface area (Å²) >= 11 is 0. The highest BCUT2D eigenvalue weighted by Gasteiger charge is 2.22. The number of morpholine rings is 1.